The Bertz CT molecular complexity index is 702. The lowest BCUT2D eigenvalue weighted by Crippen LogP contribution is -2.04. The lowest BCUT2D eigenvalue weighted by Gasteiger charge is -2.04. The second-order valence-electron chi connectivity index (χ2n) is 3.80. The van der Waals surface area contributed by atoms with Gasteiger partial charge in [0.1, 0.15) is 5.69 Å². The summed E-state index contributed by atoms with van der Waals surface area (Å²) in [5.74, 6) is 1.26. The number of aryl methyl sites for hydroxylation is 1. The van der Waals surface area contributed by atoms with Crippen molar-refractivity contribution in [3.63, 3.8) is 0 Å². The van der Waals surface area contributed by atoms with Crippen molar-refractivity contribution >= 4 is 12.2 Å². The van der Waals surface area contributed by atoms with Crippen LogP contribution in [0.1, 0.15) is 5.89 Å². The van der Waals surface area contributed by atoms with Gasteiger partial charge < -0.3 is 4.52 Å². The van der Waals surface area contributed by atoms with Crippen LogP contribution in [0, 0.1) is 4.77 Å². The Morgan fingerprint density at radius 2 is 2.26 bits per heavy atom. The quantitative estimate of drug-likeness (QED) is 0.728. The van der Waals surface area contributed by atoms with E-state index >= 15 is 0 Å². The molecule has 0 fully saturated rings. The summed E-state index contributed by atoms with van der Waals surface area (Å²) >= 11 is 5.22. The standard InChI is InChI=1S/C11H10N6OS/c19-11-16-15-10(8-3-1-2-5-12-8)17(11)6-4-9-13-7-14-18-9/h1-3,5,7H,4,6H2,(H,16,19). The highest BCUT2D eigenvalue weighted by Gasteiger charge is 2.10. The first-order valence-electron chi connectivity index (χ1n) is 5.67. The molecule has 8 heteroatoms. The Morgan fingerprint density at radius 1 is 1.32 bits per heavy atom. The SMILES string of the molecule is S=c1[nH]nc(-c2ccccn2)n1CCc1ncno1. The van der Waals surface area contributed by atoms with E-state index < -0.39 is 0 Å². The molecule has 7 nitrogen and oxygen atoms in total. The molecule has 0 bridgehead atoms. The third-order valence-corrected chi connectivity index (χ3v) is 2.92. The zero-order valence-corrected chi connectivity index (χ0v) is 10.7. The Hall–Kier alpha value is -2.35. The van der Waals surface area contributed by atoms with Crippen LogP contribution in [0.4, 0.5) is 0 Å². The summed E-state index contributed by atoms with van der Waals surface area (Å²) in [5.41, 5.74) is 0.764. The Balaban J connectivity index is 1.89. The predicted octanol–water partition coefficient (Wildman–Crippen LogP) is 1.63. The van der Waals surface area contributed by atoms with E-state index in [4.69, 9.17) is 16.7 Å². The summed E-state index contributed by atoms with van der Waals surface area (Å²) in [5, 5.41) is 10.5. The van der Waals surface area contributed by atoms with Crippen molar-refractivity contribution < 1.29 is 4.52 Å². The van der Waals surface area contributed by atoms with Gasteiger partial charge in [-0.3, -0.25) is 14.6 Å². The number of nitrogens with one attached hydrogen (secondary N) is 1. The molecule has 0 saturated carbocycles. The molecule has 0 aliphatic heterocycles. The summed E-state index contributed by atoms with van der Waals surface area (Å²) in [6.07, 6.45) is 3.69. The third kappa shape index (κ3) is 2.43. The number of pyridine rings is 1. The van der Waals surface area contributed by atoms with Crippen LogP contribution < -0.4 is 0 Å². The molecule has 19 heavy (non-hydrogen) atoms. The van der Waals surface area contributed by atoms with Crippen LogP contribution in [0.2, 0.25) is 0 Å². The molecule has 0 atom stereocenters. The minimum absolute atomic E-state index is 0.542. The zero-order chi connectivity index (χ0) is 13.1. The van der Waals surface area contributed by atoms with Crippen LogP contribution in [0.15, 0.2) is 35.2 Å². The lowest BCUT2D eigenvalue weighted by atomic mass is 10.3. The highest BCUT2D eigenvalue weighted by atomic mass is 32.1. The maximum atomic E-state index is 5.22. The zero-order valence-electron chi connectivity index (χ0n) is 9.85. The number of aromatic nitrogens is 6. The van der Waals surface area contributed by atoms with Gasteiger partial charge in [-0.05, 0) is 24.4 Å². The molecular formula is C11H10N6OS. The van der Waals surface area contributed by atoms with Crippen molar-refractivity contribution in [3.05, 3.63) is 41.4 Å². The molecule has 96 valence electrons. The predicted molar refractivity (Wildman–Crippen MR) is 68.6 cm³/mol. The molecule has 0 spiro atoms. The van der Waals surface area contributed by atoms with Crippen LogP contribution in [-0.2, 0) is 13.0 Å². The first-order valence-corrected chi connectivity index (χ1v) is 6.07. The molecule has 3 heterocycles. The van der Waals surface area contributed by atoms with E-state index in [1.54, 1.807) is 6.20 Å². The maximum absolute atomic E-state index is 5.22. The van der Waals surface area contributed by atoms with Crippen molar-refractivity contribution in [2.24, 2.45) is 0 Å². The van der Waals surface area contributed by atoms with Gasteiger partial charge in [-0.25, -0.2) is 0 Å². The molecule has 1 N–H and O–H groups in total. The highest BCUT2D eigenvalue weighted by Crippen LogP contribution is 2.14. The summed E-state index contributed by atoms with van der Waals surface area (Å²) < 4.78 is 7.37. The Labute approximate surface area is 113 Å². The summed E-state index contributed by atoms with van der Waals surface area (Å²) in [7, 11) is 0. The second-order valence-corrected chi connectivity index (χ2v) is 4.19. The van der Waals surface area contributed by atoms with Gasteiger partial charge in [0.05, 0.1) is 0 Å². The lowest BCUT2D eigenvalue weighted by molar-refractivity contribution is 0.371. The van der Waals surface area contributed by atoms with Crippen molar-refractivity contribution in [1.82, 2.24) is 29.9 Å². The first-order chi connectivity index (χ1) is 9.34. The smallest absolute Gasteiger partial charge is 0.228 e. The average Bonchev–Trinajstić information content (AvgIpc) is 3.07. The minimum Gasteiger partial charge on any atom is -0.340 e. The largest absolute Gasteiger partial charge is 0.340 e. The van der Waals surface area contributed by atoms with Gasteiger partial charge in [-0.2, -0.15) is 10.1 Å². The molecule has 0 aromatic carbocycles. The van der Waals surface area contributed by atoms with Crippen LogP contribution in [0.25, 0.3) is 11.5 Å². The van der Waals surface area contributed by atoms with Gasteiger partial charge in [0.2, 0.25) is 5.89 Å². The van der Waals surface area contributed by atoms with Crippen LogP contribution >= 0.6 is 12.2 Å². The van der Waals surface area contributed by atoms with Gasteiger partial charge in [-0.1, -0.05) is 11.2 Å². The third-order valence-electron chi connectivity index (χ3n) is 2.61. The highest BCUT2D eigenvalue weighted by molar-refractivity contribution is 7.71. The van der Waals surface area contributed by atoms with Crippen molar-refractivity contribution in [2.45, 2.75) is 13.0 Å². The topological polar surface area (TPSA) is 85.4 Å². The number of hydrogen-bond donors (Lipinski definition) is 1. The monoisotopic (exact) mass is 274 g/mol. The maximum Gasteiger partial charge on any atom is 0.228 e. The van der Waals surface area contributed by atoms with Gasteiger partial charge in [-0.15, -0.1) is 0 Å². The number of aromatic amines is 1. The number of nitrogens with zero attached hydrogens (tertiary/aromatic N) is 5. The van der Waals surface area contributed by atoms with Crippen LogP contribution in [0.3, 0.4) is 0 Å². The average molecular weight is 274 g/mol. The fourth-order valence-corrected chi connectivity index (χ4v) is 1.95. The summed E-state index contributed by atoms with van der Waals surface area (Å²) in [6, 6.07) is 5.64. The molecule has 3 aromatic heterocycles. The van der Waals surface area contributed by atoms with Crippen molar-refractivity contribution in [1.29, 1.82) is 0 Å². The summed E-state index contributed by atoms with van der Waals surface area (Å²) in [6.45, 7) is 0.601. The van der Waals surface area contributed by atoms with Gasteiger partial charge >= 0.3 is 0 Å². The molecule has 3 rings (SSSR count). The van der Waals surface area contributed by atoms with E-state index in [1.807, 2.05) is 22.8 Å². The Morgan fingerprint density at radius 3 is 3.00 bits per heavy atom. The fraction of sp³-hybridized carbons (Fsp3) is 0.182. The number of H-pyrrole nitrogens is 1. The molecule has 0 aliphatic rings. The van der Waals surface area contributed by atoms with Crippen molar-refractivity contribution in [2.75, 3.05) is 0 Å². The second kappa shape index (κ2) is 5.11. The van der Waals surface area contributed by atoms with Gasteiger partial charge in [0.25, 0.3) is 0 Å². The number of rotatable bonds is 4. The molecule has 0 radical (unpaired) electrons. The molecule has 0 saturated heterocycles. The normalized spacial score (nSPS) is 10.7. The molecule has 0 unspecified atom stereocenters. The van der Waals surface area contributed by atoms with E-state index in [-0.39, 0.29) is 0 Å². The number of hydrogen-bond acceptors (Lipinski definition) is 6. The van der Waals surface area contributed by atoms with Crippen molar-refractivity contribution in [3.8, 4) is 11.5 Å². The van der Waals surface area contributed by atoms with E-state index in [0.717, 1.165) is 5.69 Å². The minimum atomic E-state index is 0.542. The first kappa shape index (κ1) is 11.7. The molecular weight excluding hydrogens is 264 g/mol. The Kier molecular flexibility index (Phi) is 3.15. The molecule has 0 aliphatic carbocycles. The van der Waals surface area contributed by atoms with E-state index in [0.29, 0.717) is 29.5 Å². The van der Waals surface area contributed by atoms with E-state index in [9.17, 15) is 0 Å². The summed E-state index contributed by atoms with van der Waals surface area (Å²) in [4.78, 5) is 8.24. The van der Waals surface area contributed by atoms with Gasteiger partial charge in [0.15, 0.2) is 16.9 Å². The molecule has 3 aromatic rings. The fourth-order valence-electron chi connectivity index (χ4n) is 1.73. The van der Waals surface area contributed by atoms with Crippen LogP contribution in [-0.4, -0.2) is 29.9 Å². The molecule has 0 amide bonds. The van der Waals surface area contributed by atoms with Crippen LogP contribution in [0.5, 0.6) is 0 Å². The van der Waals surface area contributed by atoms with E-state index in [1.165, 1.54) is 6.33 Å². The van der Waals surface area contributed by atoms with Gasteiger partial charge in [0, 0.05) is 19.2 Å². The van der Waals surface area contributed by atoms with E-state index in [2.05, 4.69) is 25.3 Å².